The summed E-state index contributed by atoms with van der Waals surface area (Å²) >= 11 is 3.40. The number of halogens is 1. The molecule has 5 nitrogen and oxygen atoms in total. The summed E-state index contributed by atoms with van der Waals surface area (Å²) < 4.78 is 0.795. The summed E-state index contributed by atoms with van der Waals surface area (Å²) in [5.41, 5.74) is 1.18. The summed E-state index contributed by atoms with van der Waals surface area (Å²) in [5.74, 6) is 0.828. The van der Waals surface area contributed by atoms with E-state index in [0.29, 0.717) is 0 Å². The molecule has 0 unspecified atom stereocenters. The highest BCUT2D eigenvalue weighted by Crippen LogP contribution is 2.23. The van der Waals surface area contributed by atoms with Crippen LogP contribution in [0.2, 0.25) is 0 Å². The van der Waals surface area contributed by atoms with Gasteiger partial charge in [0.1, 0.15) is 0 Å². The van der Waals surface area contributed by atoms with Crippen molar-refractivity contribution in [3.63, 3.8) is 0 Å². The first-order valence-electron chi connectivity index (χ1n) is 7.38. The molecule has 0 bridgehead atoms. The molecule has 1 heterocycles. The van der Waals surface area contributed by atoms with Crippen LogP contribution in [0, 0.1) is 16.0 Å². The molecule has 0 aromatic heterocycles. The molecule has 0 aliphatic carbocycles. The minimum atomic E-state index is -0.373. The third kappa shape index (κ3) is 5.05. The number of rotatable bonds is 6. The lowest BCUT2D eigenvalue weighted by atomic mass is 9.94. The molecule has 0 atom stereocenters. The largest absolute Gasteiger partial charge is 0.313 e. The monoisotopic (exact) mass is 355 g/mol. The number of nitrogens with one attached hydrogen (secondary N) is 1. The molecule has 1 fully saturated rings. The van der Waals surface area contributed by atoms with Crippen molar-refractivity contribution in [1.29, 1.82) is 0 Å². The van der Waals surface area contributed by atoms with Crippen LogP contribution in [0.5, 0.6) is 0 Å². The Balaban J connectivity index is 1.72. The highest BCUT2D eigenvalue weighted by molar-refractivity contribution is 9.10. The first-order valence-corrected chi connectivity index (χ1v) is 8.17. The Morgan fingerprint density at radius 1 is 1.43 bits per heavy atom. The van der Waals surface area contributed by atoms with Gasteiger partial charge in [0.2, 0.25) is 0 Å². The summed E-state index contributed by atoms with van der Waals surface area (Å²) in [6.07, 6.45) is 3.79. The molecule has 1 aliphatic heterocycles. The van der Waals surface area contributed by atoms with Gasteiger partial charge in [-0.05, 0) is 63.5 Å². The predicted molar refractivity (Wildman–Crippen MR) is 87.3 cm³/mol. The second kappa shape index (κ2) is 7.87. The zero-order valence-electron chi connectivity index (χ0n) is 12.3. The number of non-ortho nitro benzene ring substituents is 1. The zero-order chi connectivity index (χ0) is 15.2. The van der Waals surface area contributed by atoms with Crippen LogP contribution >= 0.6 is 15.9 Å². The van der Waals surface area contributed by atoms with Crippen LogP contribution in [0.15, 0.2) is 22.7 Å². The highest BCUT2D eigenvalue weighted by Gasteiger charge is 2.16. The number of piperidine rings is 1. The first-order chi connectivity index (χ1) is 10.1. The Labute approximate surface area is 134 Å². The Kier molecular flexibility index (Phi) is 6.14. The van der Waals surface area contributed by atoms with E-state index in [2.05, 4.69) is 33.2 Å². The second-order valence-electron chi connectivity index (χ2n) is 5.74. The van der Waals surface area contributed by atoms with E-state index in [1.54, 1.807) is 12.1 Å². The van der Waals surface area contributed by atoms with Crippen LogP contribution < -0.4 is 5.32 Å². The fourth-order valence-electron chi connectivity index (χ4n) is 2.67. The summed E-state index contributed by atoms with van der Waals surface area (Å²) in [6, 6.07) is 4.93. The molecule has 0 spiro atoms. The van der Waals surface area contributed by atoms with Gasteiger partial charge >= 0.3 is 0 Å². The maximum Gasteiger partial charge on any atom is 0.270 e. The number of likely N-dealkylation sites (tertiary alicyclic amines) is 1. The number of hydrogen-bond donors (Lipinski definition) is 1. The molecule has 2 rings (SSSR count). The molecule has 1 N–H and O–H groups in total. The summed E-state index contributed by atoms with van der Waals surface area (Å²) in [7, 11) is 2.18. The molecular formula is C15H22BrN3O2. The van der Waals surface area contributed by atoms with Crippen molar-refractivity contribution >= 4 is 21.6 Å². The van der Waals surface area contributed by atoms with Crippen LogP contribution in [0.4, 0.5) is 5.69 Å². The van der Waals surface area contributed by atoms with Gasteiger partial charge in [-0.3, -0.25) is 10.1 Å². The van der Waals surface area contributed by atoms with E-state index < -0.39 is 0 Å². The average molecular weight is 356 g/mol. The van der Waals surface area contributed by atoms with Crippen molar-refractivity contribution in [2.24, 2.45) is 5.92 Å². The lowest BCUT2D eigenvalue weighted by Crippen LogP contribution is -2.31. The van der Waals surface area contributed by atoms with Gasteiger partial charge in [0.25, 0.3) is 5.69 Å². The molecule has 0 amide bonds. The van der Waals surface area contributed by atoms with Gasteiger partial charge in [0, 0.05) is 23.2 Å². The topological polar surface area (TPSA) is 58.4 Å². The Hall–Kier alpha value is -0.980. The molecule has 116 valence electrons. The van der Waals surface area contributed by atoms with Crippen LogP contribution in [0.1, 0.15) is 24.8 Å². The fourth-order valence-corrected chi connectivity index (χ4v) is 3.18. The average Bonchev–Trinajstić information content (AvgIpc) is 2.46. The minimum Gasteiger partial charge on any atom is -0.313 e. The van der Waals surface area contributed by atoms with Gasteiger partial charge in [-0.2, -0.15) is 0 Å². The molecule has 1 aliphatic rings. The Bertz CT molecular complexity index is 488. The van der Waals surface area contributed by atoms with Crippen molar-refractivity contribution in [2.75, 3.05) is 26.7 Å². The maximum atomic E-state index is 10.7. The Morgan fingerprint density at radius 3 is 2.76 bits per heavy atom. The smallest absolute Gasteiger partial charge is 0.270 e. The predicted octanol–water partition coefficient (Wildman–Crippen LogP) is 3.18. The number of hydrogen-bond acceptors (Lipinski definition) is 4. The van der Waals surface area contributed by atoms with Gasteiger partial charge in [-0.25, -0.2) is 0 Å². The van der Waals surface area contributed by atoms with E-state index in [1.807, 2.05) is 6.07 Å². The van der Waals surface area contributed by atoms with Crippen molar-refractivity contribution in [2.45, 2.75) is 25.8 Å². The van der Waals surface area contributed by atoms with Crippen molar-refractivity contribution in [3.8, 4) is 0 Å². The van der Waals surface area contributed by atoms with E-state index in [-0.39, 0.29) is 10.6 Å². The van der Waals surface area contributed by atoms with E-state index in [1.165, 1.54) is 32.4 Å². The van der Waals surface area contributed by atoms with Gasteiger partial charge in [-0.1, -0.05) is 15.9 Å². The first kappa shape index (κ1) is 16.4. The van der Waals surface area contributed by atoms with Crippen LogP contribution in [-0.4, -0.2) is 36.5 Å². The zero-order valence-corrected chi connectivity index (χ0v) is 13.9. The summed E-state index contributed by atoms with van der Waals surface area (Å²) in [6.45, 7) is 4.15. The quantitative estimate of drug-likeness (QED) is 0.483. The fraction of sp³-hybridized carbons (Fsp3) is 0.600. The SMILES string of the molecule is CN1CCC(CCNCc2ccc([N+](=O)[O-])cc2Br)CC1. The number of benzene rings is 1. The van der Waals surface area contributed by atoms with Crippen molar-refractivity contribution in [3.05, 3.63) is 38.3 Å². The van der Waals surface area contributed by atoms with Crippen molar-refractivity contribution in [1.82, 2.24) is 10.2 Å². The van der Waals surface area contributed by atoms with Gasteiger partial charge < -0.3 is 10.2 Å². The number of nitro groups is 1. The molecule has 0 radical (unpaired) electrons. The van der Waals surface area contributed by atoms with Gasteiger partial charge in [0.15, 0.2) is 0 Å². The molecule has 1 aromatic carbocycles. The summed E-state index contributed by atoms with van der Waals surface area (Å²) in [5, 5.41) is 14.1. The van der Waals surface area contributed by atoms with E-state index >= 15 is 0 Å². The molecule has 6 heteroatoms. The van der Waals surface area contributed by atoms with Crippen molar-refractivity contribution < 1.29 is 4.92 Å². The van der Waals surface area contributed by atoms with Crippen LogP contribution in [0.3, 0.4) is 0 Å². The second-order valence-corrected chi connectivity index (χ2v) is 6.60. The Morgan fingerprint density at radius 2 is 2.14 bits per heavy atom. The third-order valence-corrected chi connectivity index (χ3v) is 4.87. The minimum absolute atomic E-state index is 0.122. The highest BCUT2D eigenvalue weighted by atomic mass is 79.9. The normalized spacial score (nSPS) is 17.0. The molecule has 0 saturated carbocycles. The third-order valence-electron chi connectivity index (χ3n) is 4.13. The standard InChI is InChI=1S/C15H22BrN3O2/c1-18-8-5-12(6-9-18)4-7-17-11-13-2-3-14(19(20)21)10-15(13)16/h2-3,10,12,17H,4-9,11H2,1H3. The molecular weight excluding hydrogens is 334 g/mol. The van der Waals surface area contributed by atoms with E-state index in [4.69, 9.17) is 0 Å². The number of nitrogens with zero attached hydrogens (tertiary/aromatic N) is 2. The van der Waals surface area contributed by atoms with Crippen LogP contribution in [-0.2, 0) is 6.54 Å². The van der Waals surface area contributed by atoms with Gasteiger partial charge in [0.05, 0.1) is 4.92 Å². The molecule has 1 aromatic rings. The lowest BCUT2D eigenvalue weighted by molar-refractivity contribution is -0.384. The lowest BCUT2D eigenvalue weighted by Gasteiger charge is -2.28. The van der Waals surface area contributed by atoms with E-state index in [0.717, 1.165) is 29.0 Å². The summed E-state index contributed by atoms with van der Waals surface area (Å²) in [4.78, 5) is 12.7. The molecule has 21 heavy (non-hydrogen) atoms. The van der Waals surface area contributed by atoms with E-state index in [9.17, 15) is 10.1 Å². The van der Waals surface area contributed by atoms with Gasteiger partial charge in [-0.15, -0.1) is 0 Å². The molecule has 1 saturated heterocycles. The maximum absolute atomic E-state index is 10.7. The number of nitro benzene ring substituents is 1. The van der Waals surface area contributed by atoms with Crippen LogP contribution in [0.25, 0.3) is 0 Å².